The molecular weight excluding hydrogens is 662 g/mol. The summed E-state index contributed by atoms with van der Waals surface area (Å²) in [6.45, 7) is 3.09. The molecule has 2 unspecified atom stereocenters. The second-order valence-electron chi connectivity index (χ2n) is 11.7. The number of nitrogens with one attached hydrogen (secondary N) is 2. The molecule has 2 N–H and O–H groups in total. The Bertz CT molecular complexity index is 1330. The van der Waals surface area contributed by atoms with Crippen LogP contribution in [0.1, 0.15) is 36.8 Å². The van der Waals surface area contributed by atoms with Gasteiger partial charge in [-0.1, -0.05) is 0 Å². The monoisotopic (exact) mass is 702 g/mol. The summed E-state index contributed by atoms with van der Waals surface area (Å²) in [5, 5.41) is 6.37. The number of sulfone groups is 2. The third-order valence-corrected chi connectivity index (χ3v) is 9.69. The Morgan fingerprint density at radius 1 is 0.652 bits per heavy atom. The van der Waals surface area contributed by atoms with Crippen LogP contribution in [0, 0.1) is 11.8 Å². The van der Waals surface area contributed by atoms with Gasteiger partial charge in [0.25, 0.3) is 0 Å². The van der Waals surface area contributed by atoms with E-state index in [0.29, 0.717) is 24.3 Å². The van der Waals surface area contributed by atoms with E-state index in [1.165, 1.54) is 24.3 Å². The van der Waals surface area contributed by atoms with E-state index in [2.05, 4.69) is 10.6 Å². The Hall–Kier alpha value is -2.56. The SMILES string of the molecule is CS(=O)(=O)CCC(Oc1ccc(C(F)(F)F)cc1)[C@H]1CCNC1.CS(=O)(=O)CCC(Oc1ccc(C(F)(F)F)cc1)[C@H]1CCNC1. The predicted octanol–water partition coefficient (Wildman–Crippen LogP) is 4.99. The molecule has 8 nitrogen and oxygen atoms in total. The van der Waals surface area contributed by atoms with Crippen molar-refractivity contribution in [1.29, 1.82) is 0 Å². The molecule has 2 saturated heterocycles. The molecule has 4 rings (SSSR count). The average molecular weight is 703 g/mol. The van der Waals surface area contributed by atoms with Crippen LogP contribution < -0.4 is 20.1 Å². The lowest BCUT2D eigenvalue weighted by Gasteiger charge is -2.24. The van der Waals surface area contributed by atoms with Crippen LogP contribution in [-0.4, -0.2) is 79.2 Å². The van der Waals surface area contributed by atoms with Crippen molar-refractivity contribution >= 4 is 19.7 Å². The summed E-state index contributed by atoms with van der Waals surface area (Å²) in [6.07, 6.45) is -4.76. The zero-order chi connectivity index (χ0) is 34.2. The van der Waals surface area contributed by atoms with Crippen LogP contribution in [0.3, 0.4) is 0 Å². The molecule has 4 atom stereocenters. The zero-order valence-corrected chi connectivity index (χ0v) is 27.2. The molecule has 2 aliphatic heterocycles. The van der Waals surface area contributed by atoms with Crippen LogP contribution in [0.5, 0.6) is 11.5 Å². The first-order chi connectivity index (χ1) is 21.3. The lowest BCUT2D eigenvalue weighted by atomic mass is 9.99. The summed E-state index contributed by atoms with van der Waals surface area (Å²) in [4.78, 5) is 0. The Kier molecular flexibility index (Phi) is 13.2. The van der Waals surface area contributed by atoms with Crippen molar-refractivity contribution in [2.24, 2.45) is 11.8 Å². The van der Waals surface area contributed by atoms with E-state index in [1.807, 2.05) is 0 Å². The maximum Gasteiger partial charge on any atom is 0.416 e. The lowest BCUT2D eigenvalue weighted by molar-refractivity contribution is -0.138. The highest BCUT2D eigenvalue weighted by atomic mass is 32.2. The van der Waals surface area contributed by atoms with Gasteiger partial charge in [0.15, 0.2) is 0 Å². The molecule has 16 heteroatoms. The molecule has 0 bridgehead atoms. The molecular formula is C30H40F6N2O6S2. The first-order valence-corrected chi connectivity index (χ1v) is 18.9. The molecule has 0 saturated carbocycles. The van der Waals surface area contributed by atoms with Gasteiger partial charge in [-0.15, -0.1) is 0 Å². The smallest absolute Gasteiger partial charge is 0.416 e. The van der Waals surface area contributed by atoms with Gasteiger partial charge >= 0.3 is 12.4 Å². The van der Waals surface area contributed by atoms with Gasteiger partial charge in [-0.2, -0.15) is 26.3 Å². The minimum absolute atomic E-state index is 0.00516. The minimum Gasteiger partial charge on any atom is -0.490 e. The molecule has 0 aromatic heterocycles. The Labute approximate surface area is 266 Å². The number of benzene rings is 2. The molecule has 2 aromatic rings. The van der Waals surface area contributed by atoms with Gasteiger partial charge < -0.3 is 20.1 Å². The number of hydrogen-bond acceptors (Lipinski definition) is 8. The van der Waals surface area contributed by atoms with E-state index in [9.17, 15) is 43.2 Å². The molecule has 260 valence electrons. The molecule has 0 aliphatic carbocycles. The van der Waals surface area contributed by atoms with E-state index < -0.39 is 43.2 Å². The van der Waals surface area contributed by atoms with E-state index >= 15 is 0 Å². The quantitative estimate of drug-likeness (QED) is 0.298. The van der Waals surface area contributed by atoms with Crippen molar-refractivity contribution < 1.29 is 52.7 Å². The predicted molar refractivity (Wildman–Crippen MR) is 162 cm³/mol. The van der Waals surface area contributed by atoms with Crippen molar-refractivity contribution in [3.8, 4) is 11.5 Å². The largest absolute Gasteiger partial charge is 0.490 e. The minimum atomic E-state index is -4.39. The normalized spacial score (nSPS) is 20.4. The fraction of sp³-hybridized carbons (Fsp3) is 0.600. The standard InChI is InChI=1S/2C15H20F3NO3S/c2*1-23(20,21)9-7-14(11-6-8-19-10-11)22-13-4-2-12(3-5-13)15(16,17)18/h2*2-5,11,14,19H,6-10H2,1H3/t2*11-,14?/m00/s1. The number of halogens is 6. The summed E-state index contributed by atoms with van der Waals surface area (Å²) in [5.41, 5.74) is -1.47. The van der Waals surface area contributed by atoms with E-state index in [1.54, 1.807) is 0 Å². The molecule has 0 spiro atoms. The third kappa shape index (κ3) is 13.3. The Morgan fingerprint density at radius 2 is 0.978 bits per heavy atom. The summed E-state index contributed by atoms with van der Waals surface area (Å²) in [6, 6.07) is 8.98. The van der Waals surface area contributed by atoms with Gasteiger partial charge in [0.2, 0.25) is 0 Å². The van der Waals surface area contributed by atoms with E-state index in [4.69, 9.17) is 9.47 Å². The molecule has 2 aromatic carbocycles. The second kappa shape index (κ2) is 16.0. The Morgan fingerprint density at radius 3 is 1.22 bits per heavy atom. The Balaban J connectivity index is 0.000000250. The topological polar surface area (TPSA) is 111 Å². The van der Waals surface area contributed by atoms with E-state index in [-0.39, 0.29) is 35.5 Å². The summed E-state index contributed by atoms with van der Waals surface area (Å²) >= 11 is 0. The van der Waals surface area contributed by atoms with Crippen molar-refractivity contribution in [2.75, 3.05) is 50.2 Å². The van der Waals surface area contributed by atoms with E-state index in [0.717, 1.165) is 75.8 Å². The van der Waals surface area contributed by atoms with Crippen LogP contribution in [0.2, 0.25) is 0 Å². The van der Waals surface area contributed by atoms with Crippen molar-refractivity contribution in [3.05, 3.63) is 59.7 Å². The molecule has 2 heterocycles. The molecule has 2 aliphatic rings. The molecule has 0 radical (unpaired) electrons. The van der Waals surface area contributed by atoms with Gasteiger partial charge in [0.1, 0.15) is 43.4 Å². The second-order valence-corrected chi connectivity index (χ2v) is 16.2. The zero-order valence-electron chi connectivity index (χ0n) is 25.5. The maximum absolute atomic E-state index is 12.6. The van der Waals surface area contributed by atoms with Crippen molar-refractivity contribution in [1.82, 2.24) is 10.6 Å². The number of alkyl halides is 6. The van der Waals surface area contributed by atoms with Crippen LogP contribution in [0.25, 0.3) is 0 Å². The van der Waals surface area contributed by atoms with Crippen molar-refractivity contribution in [3.63, 3.8) is 0 Å². The maximum atomic E-state index is 12.6. The van der Waals surface area contributed by atoms with Gasteiger partial charge in [-0.25, -0.2) is 16.8 Å². The fourth-order valence-corrected chi connectivity index (χ4v) is 6.55. The highest BCUT2D eigenvalue weighted by Gasteiger charge is 2.32. The third-order valence-electron chi connectivity index (χ3n) is 7.73. The van der Waals surface area contributed by atoms with Crippen LogP contribution >= 0.6 is 0 Å². The van der Waals surface area contributed by atoms with Crippen LogP contribution in [-0.2, 0) is 32.0 Å². The lowest BCUT2D eigenvalue weighted by Crippen LogP contribution is -2.31. The van der Waals surface area contributed by atoms with Crippen LogP contribution in [0.15, 0.2) is 48.5 Å². The molecule has 0 amide bonds. The number of ether oxygens (including phenoxy) is 2. The number of rotatable bonds is 12. The summed E-state index contributed by atoms with van der Waals surface area (Å²) in [7, 11) is -6.23. The highest BCUT2D eigenvalue weighted by molar-refractivity contribution is 7.90. The van der Waals surface area contributed by atoms with Crippen LogP contribution in [0.4, 0.5) is 26.3 Å². The van der Waals surface area contributed by atoms with Gasteiger partial charge in [0, 0.05) is 37.4 Å². The molecule has 2 fully saturated rings. The summed E-state index contributed by atoms with van der Waals surface area (Å²) < 4.78 is 132. The first-order valence-electron chi connectivity index (χ1n) is 14.7. The fourth-order valence-electron chi connectivity index (χ4n) is 5.23. The highest BCUT2D eigenvalue weighted by Crippen LogP contribution is 2.32. The van der Waals surface area contributed by atoms with Gasteiger partial charge in [-0.05, 0) is 87.3 Å². The van der Waals surface area contributed by atoms with Gasteiger partial charge in [-0.3, -0.25) is 0 Å². The molecule has 46 heavy (non-hydrogen) atoms. The van der Waals surface area contributed by atoms with Gasteiger partial charge in [0.05, 0.1) is 22.6 Å². The first kappa shape index (κ1) is 37.9. The summed E-state index contributed by atoms with van der Waals surface area (Å²) in [5.74, 6) is 0.939. The number of hydrogen-bond donors (Lipinski definition) is 2. The average Bonchev–Trinajstić information content (AvgIpc) is 3.68. The van der Waals surface area contributed by atoms with Crippen molar-refractivity contribution in [2.45, 2.75) is 50.2 Å².